The zero-order chi connectivity index (χ0) is 17.2. The minimum atomic E-state index is -3.12. The second-order valence-electron chi connectivity index (χ2n) is 7.12. The van der Waals surface area contributed by atoms with E-state index in [0.29, 0.717) is 25.0 Å². The highest BCUT2D eigenvalue weighted by Gasteiger charge is 2.29. The van der Waals surface area contributed by atoms with E-state index in [1.807, 2.05) is 6.92 Å². The standard InChI is InChI=1S/C17H28N4O2S/c1-13-12-16(14-6-5-7-14)20-17(19-13)18-10-9-15-8-3-4-11-21(15)24(2,22)23/h12,14-15H,3-11H2,1-2H3,(H,18,19,20). The average Bonchev–Trinajstić information content (AvgIpc) is 2.44. The highest BCUT2D eigenvalue weighted by Crippen LogP contribution is 2.35. The Balaban J connectivity index is 1.58. The maximum absolute atomic E-state index is 11.9. The molecule has 1 aromatic heterocycles. The van der Waals surface area contributed by atoms with Gasteiger partial charge in [0.15, 0.2) is 0 Å². The van der Waals surface area contributed by atoms with E-state index in [2.05, 4.69) is 21.4 Å². The van der Waals surface area contributed by atoms with E-state index < -0.39 is 10.0 Å². The summed E-state index contributed by atoms with van der Waals surface area (Å²) in [4.78, 5) is 9.12. The Morgan fingerprint density at radius 2 is 2.00 bits per heavy atom. The van der Waals surface area contributed by atoms with Crippen molar-refractivity contribution in [2.45, 2.75) is 63.8 Å². The smallest absolute Gasteiger partial charge is 0.223 e. The van der Waals surface area contributed by atoms with Gasteiger partial charge in [0.05, 0.1) is 6.26 Å². The van der Waals surface area contributed by atoms with E-state index in [1.165, 1.54) is 25.5 Å². The lowest BCUT2D eigenvalue weighted by atomic mass is 9.83. The van der Waals surface area contributed by atoms with E-state index in [9.17, 15) is 8.42 Å². The van der Waals surface area contributed by atoms with Gasteiger partial charge in [-0.1, -0.05) is 12.8 Å². The maximum Gasteiger partial charge on any atom is 0.223 e. The highest BCUT2D eigenvalue weighted by atomic mass is 32.2. The number of anilines is 1. The van der Waals surface area contributed by atoms with Gasteiger partial charge in [-0.05, 0) is 45.1 Å². The summed E-state index contributed by atoms with van der Waals surface area (Å²) in [5, 5.41) is 3.30. The summed E-state index contributed by atoms with van der Waals surface area (Å²) in [7, 11) is -3.12. The number of nitrogens with one attached hydrogen (secondary N) is 1. The fourth-order valence-electron chi connectivity index (χ4n) is 3.63. The van der Waals surface area contributed by atoms with Crippen molar-refractivity contribution < 1.29 is 8.42 Å². The average molecular weight is 353 g/mol. The molecule has 0 bridgehead atoms. The monoisotopic (exact) mass is 352 g/mol. The van der Waals surface area contributed by atoms with Crippen molar-refractivity contribution in [2.75, 3.05) is 24.7 Å². The van der Waals surface area contributed by atoms with Crippen molar-refractivity contribution in [1.29, 1.82) is 0 Å². The molecule has 1 atom stereocenters. The molecule has 1 saturated carbocycles. The molecule has 1 aromatic rings. The summed E-state index contributed by atoms with van der Waals surface area (Å²) in [5.74, 6) is 1.27. The third-order valence-electron chi connectivity index (χ3n) is 5.16. The zero-order valence-corrected chi connectivity index (χ0v) is 15.5. The summed E-state index contributed by atoms with van der Waals surface area (Å²) >= 11 is 0. The van der Waals surface area contributed by atoms with Gasteiger partial charge in [-0.3, -0.25) is 0 Å². The summed E-state index contributed by atoms with van der Waals surface area (Å²) < 4.78 is 25.5. The SMILES string of the molecule is Cc1cc(C2CCC2)nc(NCCC2CCCCN2S(C)(=O)=O)n1. The first kappa shape index (κ1) is 17.6. The maximum atomic E-state index is 11.9. The van der Waals surface area contributed by atoms with Gasteiger partial charge in [0, 0.05) is 36.4 Å². The second-order valence-corrected chi connectivity index (χ2v) is 9.06. The van der Waals surface area contributed by atoms with Gasteiger partial charge in [0.25, 0.3) is 0 Å². The van der Waals surface area contributed by atoms with Crippen molar-refractivity contribution in [3.8, 4) is 0 Å². The normalized spacial score (nSPS) is 23.0. The van der Waals surface area contributed by atoms with E-state index in [1.54, 1.807) is 4.31 Å². The van der Waals surface area contributed by atoms with Gasteiger partial charge in [0.1, 0.15) is 0 Å². The molecule has 134 valence electrons. The van der Waals surface area contributed by atoms with Crippen LogP contribution < -0.4 is 5.32 Å². The molecule has 3 rings (SSSR count). The molecule has 6 nitrogen and oxygen atoms in total. The molecular weight excluding hydrogens is 324 g/mol. The lowest BCUT2D eigenvalue weighted by Crippen LogP contribution is -2.43. The molecule has 2 heterocycles. The van der Waals surface area contributed by atoms with E-state index in [0.717, 1.165) is 37.1 Å². The number of nitrogens with zero attached hydrogens (tertiary/aromatic N) is 3. The minimum Gasteiger partial charge on any atom is -0.354 e. The van der Waals surface area contributed by atoms with Gasteiger partial charge in [-0.2, -0.15) is 4.31 Å². The molecular formula is C17H28N4O2S. The number of aryl methyl sites for hydroxylation is 1. The molecule has 0 radical (unpaired) electrons. The molecule has 1 saturated heterocycles. The van der Waals surface area contributed by atoms with Gasteiger partial charge >= 0.3 is 0 Å². The number of sulfonamides is 1. The molecule has 0 spiro atoms. The molecule has 0 aromatic carbocycles. The van der Waals surface area contributed by atoms with Gasteiger partial charge < -0.3 is 5.32 Å². The third-order valence-corrected chi connectivity index (χ3v) is 6.49. The first-order valence-corrected chi connectivity index (χ1v) is 10.8. The third kappa shape index (κ3) is 4.25. The molecule has 1 unspecified atom stereocenters. The van der Waals surface area contributed by atoms with Crippen LogP contribution in [0.3, 0.4) is 0 Å². The Bertz CT molecular complexity index is 673. The van der Waals surface area contributed by atoms with Crippen LogP contribution in [0.25, 0.3) is 0 Å². The van der Waals surface area contributed by atoms with E-state index >= 15 is 0 Å². The van der Waals surface area contributed by atoms with E-state index in [4.69, 9.17) is 0 Å². The summed E-state index contributed by atoms with van der Waals surface area (Å²) in [6.07, 6.45) is 8.85. The predicted octanol–water partition coefficient (Wildman–Crippen LogP) is 2.67. The Kier molecular flexibility index (Phi) is 5.39. The van der Waals surface area contributed by atoms with Crippen molar-refractivity contribution in [1.82, 2.24) is 14.3 Å². The van der Waals surface area contributed by atoms with Crippen LogP contribution in [0.2, 0.25) is 0 Å². The van der Waals surface area contributed by atoms with Crippen LogP contribution >= 0.6 is 0 Å². The molecule has 1 N–H and O–H groups in total. The molecule has 7 heteroatoms. The van der Waals surface area contributed by atoms with Gasteiger partial charge in [-0.15, -0.1) is 0 Å². The van der Waals surface area contributed by atoms with Crippen molar-refractivity contribution >= 4 is 16.0 Å². The van der Waals surface area contributed by atoms with Crippen LogP contribution in [0.1, 0.15) is 62.3 Å². The number of hydrogen-bond acceptors (Lipinski definition) is 5. The van der Waals surface area contributed by atoms with Crippen LogP contribution in [-0.4, -0.2) is 48.1 Å². The number of piperidine rings is 1. The second kappa shape index (κ2) is 7.35. The molecule has 1 aliphatic carbocycles. The quantitative estimate of drug-likeness (QED) is 0.852. The first-order chi connectivity index (χ1) is 11.4. The Morgan fingerprint density at radius 3 is 2.67 bits per heavy atom. The summed E-state index contributed by atoms with van der Waals surface area (Å²) in [6, 6.07) is 2.18. The largest absolute Gasteiger partial charge is 0.354 e. The Labute approximate surface area is 145 Å². The number of rotatable bonds is 6. The molecule has 0 amide bonds. The first-order valence-electron chi connectivity index (χ1n) is 9.00. The topological polar surface area (TPSA) is 75.2 Å². The lowest BCUT2D eigenvalue weighted by Gasteiger charge is -2.33. The lowest BCUT2D eigenvalue weighted by molar-refractivity contribution is 0.246. The number of aromatic nitrogens is 2. The summed E-state index contributed by atoms with van der Waals surface area (Å²) in [6.45, 7) is 3.35. The van der Waals surface area contributed by atoms with Crippen LogP contribution in [0.5, 0.6) is 0 Å². The fraction of sp³-hybridized carbons (Fsp3) is 0.765. The predicted molar refractivity (Wildman–Crippen MR) is 95.7 cm³/mol. The van der Waals surface area contributed by atoms with Gasteiger partial charge in [-0.25, -0.2) is 18.4 Å². The van der Waals surface area contributed by atoms with E-state index in [-0.39, 0.29) is 6.04 Å². The van der Waals surface area contributed by atoms with Crippen molar-refractivity contribution in [2.24, 2.45) is 0 Å². The van der Waals surface area contributed by atoms with Crippen molar-refractivity contribution in [3.63, 3.8) is 0 Å². The number of hydrogen-bond donors (Lipinski definition) is 1. The summed E-state index contributed by atoms with van der Waals surface area (Å²) in [5.41, 5.74) is 2.14. The van der Waals surface area contributed by atoms with Gasteiger partial charge in [0.2, 0.25) is 16.0 Å². The molecule has 2 fully saturated rings. The zero-order valence-electron chi connectivity index (χ0n) is 14.7. The van der Waals surface area contributed by atoms with Crippen LogP contribution in [-0.2, 0) is 10.0 Å². The van der Waals surface area contributed by atoms with Crippen molar-refractivity contribution in [3.05, 3.63) is 17.5 Å². The Hall–Kier alpha value is -1.21. The van der Waals surface area contributed by atoms with Crippen LogP contribution in [0.15, 0.2) is 6.07 Å². The Morgan fingerprint density at radius 1 is 1.21 bits per heavy atom. The van der Waals surface area contributed by atoms with Crippen LogP contribution in [0, 0.1) is 6.92 Å². The molecule has 2 aliphatic rings. The fourth-order valence-corrected chi connectivity index (χ4v) is 4.85. The highest BCUT2D eigenvalue weighted by molar-refractivity contribution is 7.88. The minimum absolute atomic E-state index is 0.0946. The molecule has 24 heavy (non-hydrogen) atoms. The van der Waals surface area contributed by atoms with Crippen LogP contribution in [0.4, 0.5) is 5.95 Å². The molecule has 1 aliphatic heterocycles.